The zero-order valence-corrected chi connectivity index (χ0v) is 32.6. The average molecular weight is 808 g/mol. The van der Waals surface area contributed by atoms with E-state index in [-0.39, 0.29) is 63.2 Å². The van der Waals surface area contributed by atoms with E-state index in [9.17, 15) is 19.2 Å². The van der Waals surface area contributed by atoms with Crippen molar-refractivity contribution in [2.75, 3.05) is 166 Å². The van der Waals surface area contributed by atoms with E-state index in [0.29, 0.717) is 132 Å². The van der Waals surface area contributed by atoms with Crippen LogP contribution >= 0.6 is 0 Å². The van der Waals surface area contributed by atoms with Crippen LogP contribution in [-0.2, 0) is 85.5 Å². The van der Waals surface area contributed by atoms with Crippen molar-refractivity contribution in [3.05, 3.63) is 12.2 Å². The minimum atomic E-state index is -0.619. The Bertz CT molecular complexity index is 1080. The van der Waals surface area contributed by atoms with Gasteiger partial charge >= 0.3 is 11.9 Å². The molecule has 4 atom stereocenters. The number of rotatable bonds is 39. The quantitative estimate of drug-likeness (QED) is 0.0336. The molecule has 56 heavy (non-hydrogen) atoms. The van der Waals surface area contributed by atoms with Gasteiger partial charge < -0.3 is 66.3 Å². The summed E-state index contributed by atoms with van der Waals surface area (Å²) in [4.78, 5) is 50.2. The first-order valence-corrected chi connectivity index (χ1v) is 19.3. The molecule has 3 aliphatic heterocycles. The number of likely N-dealkylation sites (tertiary alicyclic amines) is 1. The van der Waals surface area contributed by atoms with E-state index in [0.717, 1.165) is 4.90 Å². The maximum atomic E-state index is 12.6. The summed E-state index contributed by atoms with van der Waals surface area (Å²) in [7, 11) is 1.64. The van der Waals surface area contributed by atoms with E-state index in [1.54, 1.807) is 7.11 Å². The van der Waals surface area contributed by atoms with Crippen LogP contribution < -0.4 is 0 Å². The predicted octanol–water partition coefficient (Wildman–Crippen LogP) is -0.396. The maximum Gasteiger partial charge on any atom is 0.306 e. The van der Waals surface area contributed by atoms with Crippen LogP contribution in [0.5, 0.6) is 0 Å². The van der Waals surface area contributed by atoms with Gasteiger partial charge in [0.1, 0.15) is 13.2 Å². The third kappa shape index (κ3) is 20.2. The molecule has 3 aliphatic rings. The van der Waals surface area contributed by atoms with Gasteiger partial charge in [0.15, 0.2) is 0 Å². The van der Waals surface area contributed by atoms with Crippen LogP contribution in [0.4, 0.5) is 0 Å². The molecule has 0 aromatic carbocycles. The van der Waals surface area contributed by atoms with Crippen molar-refractivity contribution >= 4 is 23.8 Å². The van der Waals surface area contributed by atoms with Crippen LogP contribution in [0.2, 0.25) is 0 Å². The SMILES string of the molecule is COCCOCCOCCOCCOCCOCCOCCOCCOCCOCCOCCOC(=O)CCC(=O)OCCN1C(=O)C2C(C1=O)[C@H]1C=C[C@@H]2O1. The zero-order chi connectivity index (χ0) is 39.9. The predicted molar refractivity (Wildman–Crippen MR) is 193 cm³/mol. The number of hydrogen-bond acceptors (Lipinski definition) is 18. The van der Waals surface area contributed by atoms with Crippen molar-refractivity contribution in [3.8, 4) is 0 Å². The monoisotopic (exact) mass is 807 g/mol. The third-order valence-corrected chi connectivity index (χ3v) is 8.38. The smallest absolute Gasteiger partial charge is 0.306 e. The van der Waals surface area contributed by atoms with Gasteiger partial charge in [0.05, 0.1) is 182 Å². The molecule has 0 aromatic rings. The number of imide groups is 1. The molecule has 19 nitrogen and oxygen atoms in total. The minimum absolute atomic E-state index is 0.0261. The molecule has 0 aliphatic carbocycles. The van der Waals surface area contributed by atoms with Gasteiger partial charge in [-0.1, -0.05) is 12.2 Å². The molecule has 0 spiro atoms. The summed E-state index contributed by atoms with van der Waals surface area (Å²) in [6, 6.07) is 0. The second-order valence-corrected chi connectivity index (χ2v) is 12.4. The highest BCUT2D eigenvalue weighted by Gasteiger charge is 2.60. The Hall–Kier alpha value is -2.66. The van der Waals surface area contributed by atoms with Crippen molar-refractivity contribution in [3.63, 3.8) is 0 Å². The average Bonchev–Trinajstić information content (AvgIpc) is 3.89. The molecule has 2 bridgehead atoms. The molecule has 2 unspecified atom stereocenters. The molecule has 3 rings (SSSR count). The highest BCUT2D eigenvalue weighted by Crippen LogP contribution is 2.44. The van der Waals surface area contributed by atoms with Crippen molar-refractivity contribution in [1.29, 1.82) is 0 Å². The Labute approximate surface area is 328 Å². The number of fused-ring (bicyclic) bond motifs is 5. The summed E-state index contributed by atoms with van der Waals surface area (Å²) in [5.41, 5.74) is 0. The molecule has 2 amide bonds. The van der Waals surface area contributed by atoms with Gasteiger partial charge in [0.25, 0.3) is 0 Å². The summed E-state index contributed by atoms with van der Waals surface area (Å²) in [5, 5.41) is 0. The molecule has 2 fully saturated rings. The molecule has 0 N–H and O–H groups in total. The van der Waals surface area contributed by atoms with Gasteiger partial charge in [-0.15, -0.1) is 0 Å². The van der Waals surface area contributed by atoms with Crippen molar-refractivity contribution in [2.24, 2.45) is 11.8 Å². The second kappa shape index (κ2) is 31.3. The fourth-order valence-corrected chi connectivity index (χ4v) is 5.62. The number of carbonyl (C=O) groups is 4. The van der Waals surface area contributed by atoms with E-state index >= 15 is 0 Å². The van der Waals surface area contributed by atoms with E-state index in [1.165, 1.54) is 0 Å². The normalized spacial score (nSPS) is 19.7. The summed E-state index contributed by atoms with van der Waals surface area (Å²) in [6.07, 6.45) is 2.55. The van der Waals surface area contributed by atoms with Crippen LogP contribution in [0, 0.1) is 11.8 Å². The molecule has 0 radical (unpaired) electrons. The topological polar surface area (TPSA) is 201 Å². The lowest BCUT2D eigenvalue weighted by molar-refractivity contribution is -0.152. The Balaban J connectivity index is 0.938. The molecule has 2 saturated heterocycles. The van der Waals surface area contributed by atoms with E-state index in [1.807, 2.05) is 12.2 Å². The Morgan fingerprint density at radius 3 is 1.07 bits per heavy atom. The minimum Gasteiger partial charge on any atom is -0.464 e. The molecular formula is C37H61NO18. The standard InChI is InChI=1S/C37H61NO18/c1-43-8-9-44-10-11-45-12-13-46-14-15-47-16-17-48-18-19-49-20-21-50-22-23-51-24-25-52-26-27-53-28-29-55-33(40)5-4-32(39)54-7-6-38-36(41)34-30-2-3-31(56-30)35(34)37(38)42/h2-3,30-31,34-35H,4-29H2,1H3/t30-,31+,34?,35?. The lowest BCUT2D eigenvalue weighted by Crippen LogP contribution is -2.37. The summed E-state index contributed by atoms with van der Waals surface area (Å²) < 4.78 is 74.9. The Kier molecular flexibility index (Phi) is 26.7. The van der Waals surface area contributed by atoms with Crippen LogP contribution in [0.3, 0.4) is 0 Å². The number of ether oxygens (including phenoxy) is 14. The Morgan fingerprint density at radius 2 is 0.750 bits per heavy atom. The number of nitrogens with zero attached hydrogens (tertiary/aromatic N) is 1. The first kappa shape index (κ1) is 47.7. The number of hydrogen-bond donors (Lipinski definition) is 0. The highest BCUT2D eigenvalue weighted by atomic mass is 16.6. The first-order chi connectivity index (χ1) is 27.5. The fraction of sp³-hybridized carbons (Fsp3) is 0.838. The van der Waals surface area contributed by atoms with Crippen molar-refractivity contribution in [2.45, 2.75) is 25.0 Å². The maximum absolute atomic E-state index is 12.6. The van der Waals surface area contributed by atoms with E-state index < -0.39 is 23.8 Å². The van der Waals surface area contributed by atoms with E-state index in [4.69, 9.17) is 66.3 Å². The van der Waals surface area contributed by atoms with Gasteiger partial charge in [-0.25, -0.2) is 0 Å². The molecule has 0 saturated carbocycles. The second-order valence-electron chi connectivity index (χ2n) is 12.4. The van der Waals surface area contributed by atoms with Gasteiger partial charge in [0.2, 0.25) is 11.8 Å². The number of esters is 2. The number of amides is 2. The van der Waals surface area contributed by atoms with Crippen LogP contribution in [0.1, 0.15) is 12.8 Å². The zero-order valence-electron chi connectivity index (χ0n) is 32.6. The third-order valence-electron chi connectivity index (χ3n) is 8.38. The molecule has 3 heterocycles. The largest absolute Gasteiger partial charge is 0.464 e. The molecule has 322 valence electrons. The fourth-order valence-electron chi connectivity index (χ4n) is 5.62. The van der Waals surface area contributed by atoms with E-state index in [2.05, 4.69) is 0 Å². The molecular weight excluding hydrogens is 746 g/mol. The van der Waals surface area contributed by atoms with Crippen LogP contribution in [0.25, 0.3) is 0 Å². The van der Waals surface area contributed by atoms with Gasteiger partial charge in [-0.3, -0.25) is 24.1 Å². The Morgan fingerprint density at radius 1 is 0.464 bits per heavy atom. The van der Waals surface area contributed by atoms with Gasteiger partial charge in [-0.2, -0.15) is 0 Å². The molecule has 0 aromatic heterocycles. The number of carbonyl (C=O) groups excluding carboxylic acids is 4. The van der Waals surface area contributed by atoms with Gasteiger partial charge in [0, 0.05) is 7.11 Å². The summed E-state index contributed by atoms with van der Waals surface area (Å²) >= 11 is 0. The van der Waals surface area contributed by atoms with Crippen molar-refractivity contribution in [1.82, 2.24) is 4.90 Å². The van der Waals surface area contributed by atoms with Crippen molar-refractivity contribution < 1.29 is 85.5 Å². The summed E-state index contributed by atoms with van der Waals surface area (Å²) in [5.74, 6) is -2.78. The van der Waals surface area contributed by atoms with Crippen LogP contribution in [0.15, 0.2) is 12.2 Å². The summed E-state index contributed by atoms with van der Waals surface area (Å²) in [6.45, 7) is 9.51. The van der Waals surface area contributed by atoms with Gasteiger partial charge in [-0.05, 0) is 0 Å². The van der Waals surface area contributed by atoms with Crippen LogP contribution in [-0.4, -0.2) is 206 Å². The number of methoxy groups -OCH3 is 1. The lowest BCUT2D eigenvalue weighted by Gasteiger charge is -2.17. The molecule has 19 heteroatoms. The highest BCUT2D eigenvalue weighted by molar-refractivity contribution is 6.06. The lowest BCUT2D eigenvalue weighted by atomic mass is 9.85. The first-order valence-electron chi connectivity index (χ1n) is 19.3.